The van der Waals surface area contributed by atoms with Crippen LogP contribution in [0, 0.1) is 0 Å². The van der Waals surface area contributed by atoms with Gasteiger partial charge in [0, 0.05) is 10.9 Å². The summed E-state index contributed by atoms with van der Waals surface area (Å²) in [6, 6.07) is 15.6. The lowest BCUT2D eigenvalue weighted by Gasteiger charge is -2.11. The summed E-state index contributed by atoms with van der Waals surface area (Å²) in [6.45, 7) is 2.63. The lowest BCUT2D eigenvalue weighted by molar-refractivity contribution is 0.340. The first kappa shape index (κ1) is 12.8. The molecule has 0 spiro atoms. The van der Waals surface area contributed by atoms with E-state index >= 15 is 0 Å². The minimum Gasteiger partial charge on any atom is -0.494 e. The maximum absolute atomic E-state index is 6.35. The molecule has 0 fully saturated rings. The average molecular weight is 267 g/mol. The molecule has 20 heavy (non-hydrogen) atoms. The van der Waals surface area contributed by atoms with Crippen LogP contribution in [0.1, 0.15) is 24.1 Å². The molecule has 0 aliphatic carbocycles. The van der Waals surface area contributed by atoms with Crippen LogP contribution >= 0.6 is 0 Å². The molecule has 0 amide bonds. The highest BCUT2D eigenvalue weighted by Gasteiger charge is 2.14. The van der Waals surface area contributed by atoms with Crippen LogP contribution in [0.25, 0.3) is 11.0 Å². The standard InChI is InChI=1S/C17H17NO2/c1-2-19-13-9-7-12(8-10-13)17(18)15-11-20-16-6-4-3-5-14(15)16/h3-11,17H,2,18H2,1H3. The van der Waals surface area contributed by atoms with E-state index in [1.807, 2.05) is 55.5 Å². The summed E-state index contributed by atoms with van der Waals surface area (Å²) in [7, 11) is 0. The van der Waals surface area contributed by atoms with Crippen LogP contribution in [-0.4, -0.2) is 6.61 Å². The highest BCUT2D eigenvalue weighted by molar-refractivity contribution is 5.81. The first-order valence-electron chi connectivity index (χ1n) is 6.74. The summed E-state index contributed by atoms with van der Waals surface area (Å²) in [5, 5.41) is 1.06. The monoisotopic (exact) mass is 267 g/mol. The second-order valence-corrected chi connectivity index (χ2v) is 4.67. The van der Waals surface area contributed by atoms with Crippen molar-refractivity contribution in [2.45, 2.75) is 13.0 Å². The van der Waals surface area contributed by atoms with Crippen molar-refractivity contribution < 1.29 is 9.15 Å². The molecule has 102 valence electrons. The third-order valence-electron chi connectivity index (χ3n) is 3.40. The SMILES string of the molecule is CCOc1ccc(C(N)c2coc3ccccc23)cc1. The predicted molar refractivity (Wildman–Crippen MR) is 79.9 cm³/mol. The second-order valence-electron chi connectivity index (χ2n) is 4.67. The zero-order valence-electron chi connectivity index (χ0n) is 11.4. The molecule has 3 nitrogen and oxygen atoms in total. The molecule has 0 radical (unpaired) electrons. The van der Waals surface area contributed by atoms with Crippen molar-refractivity contribution in [2.24, 2.45) is 5.73 Å². The van der Waals surface area contributed by atoms with Crippen molar-refractivity contribution >= 4 is 11.0 Å². The molecule has 0 aliphatic heterocycles. The van der Waals surface area contributed by atoms with E-state index in [1.54, 1.807) is 6.26 Å². The Hall–Kier alpha value is -2.26. The van der Waals surface area contributed by atoms with Crippen molar-refractivity contribution in [3.05, 3.63) is 65.9 Å². The summed E-state index contributed by atoms with van der Waals surface area (Å²) >= 11 is 0. The van der Waals surface area contributed by atoms with E-state index in [2.05, 4.69) is 0 Å². The topological polar surface area (TPSA) is 48.4 Å². The fourth-order valence-electron chi connectivity index (χ4n) is 2.36. The van der Waals surface area contributed by atoms with Gasteiger partial charge in [0.2, 0.25) is 0 Å². The average Bonchev–Trinajstić information content (AvgIpc) is 2.92. The Morgan fingerprint density at radius 3 is 2.60 bits per heavy atom. The van der Waals surface area contributed by atoms with Gasteiger partial charge in [-0.05, 0) is 30.7 Å². The Morgan fingerprint density at radius 1 is 1.10 bits per heavy atom. The van der Waals surface area contributed by atoms with E-state index in [1.165, 1.54) is 0 Å². The number of furan rings is 1. The maximum atomic E-state index is 6.35. The summed E-state index contributed by atoms with van der Waals surface area (Å²) in [4.78, 5) is 0. The molecule has 2 aromatic carbocycles. The summed E-state index contributed by atoms with van der Waals surface area (Å²) in [5.41, 5.74) is 9.26. The summed E-state index contributed by atoms with van der Waals surface area (Å²) in [6.07, 6.45) is 1.74. The highest BCUT2D eigenvalue weighted by Crippen LogP contribution is 2.29. The number of hydrogen-bond acceptors (Lipinski definition) is 3. The van der Waals surface area contributed by atoms with Crippen LogP contribution in [-0.2, 0) is 0 Å². The first-order chi connectivity index (χ1) is 9.79. The smallest absolute Gasteiger partial charge is 0.134 e. The van der Waals surface area contributed by atoms with Crippen molar-refractivity contribution in [3.63, 3.8) is 0 Å². The van der Waals surface area contributed by atoms with Crippen LogP contribution in [0.15, 0.2) is 59.2 Å². The fraction of sp³-hybridized carbons (Fsp3) is 0.176. The quantitative estimate of drug-likeness (QED) is 0.780. The Kier molecular flexibility index (Phi) is 3.44. The number of rotatable bonds is 4. The van der Waals surface area contributed by atoms with Crippen LogP contribution in [0.2, 0.25) is 0 Å². The molecule has 0 saturated carbocycles. The van der Waals surface area contributed by atoms with Crippen molar-refractivity contribution in [1.82, 2.24) is 0 Å². The Labute approximate surface area is 118 Å². The minimum absolute atomic E-state index is 0.200. The van der Waals surface area contributed by atoms with Gasteiger partial charge in [-0.2, -0.15) is 0 Å². The molecular weight excluding hydrogens is 250 g/mol. The number of para-hydroxylation sites is 1. The van der Waals surface area contributed by atoms with Gasteiger partial charge in [0.1, 0.15) is 11.3 Å². The molecule has 3 aromatic rings. The fourth-order valence-corrected chi connectivity index (χ4v) is 2.36. The minimum atomic E-state index is -0.200. The molecule has 1 atom stereocenters. The highest BCUT2D eigenvalue weighted by atomic mass is 16.5. The summed E-state index contributed by atoms with van der Waals surface area (Å²) < 4.78 is 11.0. The Bertz CT molecular complexity index is 700. The number of ether oxygens (including phenoxy) is 1. The third-order valence-corrected chi connectivity index (χ3v) is 3.40. The number of fused-ring (bicyclic) bond motifs is 1. The van der Waals surface area contributed by atoms with Crippen LogP contribution in [0.3, 0.4) is 0 Å². The van der Waals surface area contributed by atoms with Gasteiger partial charge >= 0.3 is 0 Å². The van der Waals surface area contributed by atoms with Crippen LogP contribution < -0.4 is 10.5 Å². The molecule has 0 aliphatic rings. The van der Waals surface area contributed by atoms with Gasteiger partial charge in [-0.1, -0.05) is 30.3 Å². The molecule has 0 saturated heterocycles. The Morgan fingerprint density at radius 2 is 1.85 bits per heavy atom. The normalized spacial score (nSPS) is 12.5. The lowest BCUT2D eigenvalue weighted by atomic mass is 9.99. The van der Waals surface area contributed by atoms with Crippen molar-refractivity contribution in [1.29, 1.82) is 0 Å². The number of hydrogen-bond donors (Lipinski definition) is 1. The van der Waals surface area contributed by atoms with Crippen LogP contribution in [0.4, 0.5) is 0 Å². The first-order valence-corrected chi connectivity index (χ1v) is 6.74. The van der Waals surface area contributed by atoms with E-state index in [0.29, 0.717) is 6.61 Å². The van der Waals surface area contributed by atoms with Gasteiger partial charge in [0.05, 0.1) is 18.9 Å². The summed E-state index contributed by atoms with van der Waals surface area (Å²) in [5.74, 6) is 0.862. The molecule has 1 aromatic heterocycles. The van der Waals surface area contributed by atoms with E-state index in [9.17, 15) is 0 Å². The van der Waals surface area contributed by atoms with Crippen molar-refractivity contribution in [2.75, 3.05) is 6.61 Å². The number of benzene rings is 2. The van der Waals surface area contributed by atoms with E-state index in [0.717, 1.165) is 27.8 Å². The largest absolute Gasteiger partial charge is 0.494 e. The molecule has 1 heterocycles. The molecule has 2 N–H and O–H groups in total. The van der Waals surface area contributed by atoms with Gasteiger partial charge in [-0.15, -0.1) is 0 Å². The van der Waals surface area contributed by atoms with Gasteiger partial charge in [-0.3, -0.25) is 0 Å². The van der Waals surface area contributed by atoms with Crippen LogP contribution in [0.5, 0.6) is 5.75 Å². The molecular formula is C17H17NO2. The van der Waals surface area contributed by atoms with Gasteiger partial charge in [0.25, 0.3) is 0 Å². The van der Waals surface area contributed by atoms with E-state index < -0.39 is 0 Å². The van der Waals surface area contributed by atoms with Gasteiger partial charge in [-0.25, -0.2) is 0 Å². The third kappa shape index (κ3) is 2.28. The molecule has 3 heteroatoms. The predicted octanol–water partition coefficient (Wildman–Crippen LogP) is 3.88. The molecule has 0 bridgehead atoms. The van der Waals surface area contributed by atoms with Gasteiger partial charge < -0.3 is 14.9 Å². The molecule has 3 rings (SSSR count). The zero-order valence-corrected chi connectivity index (χ0v) is 11.4. The zero-order chi connectivity index (χ0) is 13.9. The van der Waals surface area contributed by atoms with Crippen molar-refractivity contribution in [3.8, 4) is 5.75 Å². The van der Waals surface area contributed by atoms with Gasteiger partial charge in [0.15, 0.2) is 0 Å². The Balaban J connectivity index is 1.93. The number of nitrogens with two attached hydrogens (primary N) is 1. The van der Waals surface area contributed by atoms with E-state index in [-0.39, 0.29) is 6.04 Å². The maximum Gasteiger partial charge on any atom is 0.134 e. The van der Waals surface area contributed by atoms with E-state index in [4.69, 9.17) is 14.9 Å². The lowest BCUT2D eigenvalue weighted by Crippen LogP contribution is -2.11. The second kappa shape index (κ2) is 5.39. The molecule has 1 unspecified atom stereocenters.